The van der Waals surface area contributed by atoms with E-state index in [0.29, 0.717) is 15.6 Å². The molecular weight excluding hydrogens is 399 g/mol. The Hall–Kier alpha value is -1.96. The molecule has 2 aromatic rings. The van der Waals surface area contributed by atoms with Gasteiger partial charge in [-0.3, -0.25) is 0 Å². The summed E-state index contributed by atoms with van der Waals surface area (Å²) in [5.74, 6) is -0.331. The van der Waals surface area contributed by atoms with Crippen molar-refractivity contribution in [3.05, 3.63) is 52.0 Å². The van der Waals surface area contributed by atoms with Gasteiger partial charge in [0.2, 0.25) is 0 Å². The van der Waals surface area contributed by atoms with Crippen LogP contribution in [-0.4, -0.2) is 25.3 Å². The first-order valence-electron chi connectivity index (χ1n) is 7.72. The van der Waals surface area contributed by atoms with Crippen LogP contribution in [0.3, 0.4) is 0 Å². The molecule has 140 valence electrons. The van der Waals surface area contributed by atoms with Gasteiger partial charge < -0.3 is 15.7 Å². The molecule has 0 unspecified atom stereocenters. The lowest BCUT2D eigenvalue weighted by atomic mass is 10.1. The number of phenolic OH excluding ortho intramolecular Hbond substituents is 1. The highest BCUT2D eigenvalue weighted by Gasteiger charge is 2.17. The Morgan fingerprint density at radius 2 is 1.88 bits per heavy atom. The van der Waals surface area contributed by atoms with Crippen molar-refractivity contribution in [1.29, 1.82) is 0 Å². The number of amides is 2. The molecular formula is C17H18Cl2N2O4S. The second-order valence-electron chi connectivity index (χ2n) is 5.57. The van der Waals surface area contributed by atoms with Crippen LogP contribution >= 0.6 is 23.2 Å². The molecule has 0 radical (unpaired) electrons. The fourth-order valence-corrected chi connectivity index (χ4v) is 3.74. The summed E-state index contributed by atoms with van der Waals surface area (Å²) in [5.41, 5.74) is 0.657. The maximum atomic E-state index is 12.2. The molecule has 6 nitrogen and oxygen atoms in total. The molecule has 0 aliphatic rings. The minimum Gasteiger partial charge on any atom is -0.506 e. The average Bonchev–Trinajstić information content (AvgIpc) is 2.56. The Morgan fingerprint density at radius 1 is 1.19 bits per heavy atom. The lowest BCUT2D eigenvalue weighted by Crippen LogP contribution is -2.31. The third-order valence-electron chi connectivity index (χ3n) is 3.73. The number of carbonyl (C=O) groups is 1. The van der Waals surface area contributed by atoms with Crippen LogP contribution in [0.2, 0.25) is 10.0 Å². The van der Waals surface area contributed by atoms with Gasteiger partial charge in [-0.15, -0.1) is 0 Å². The van der Waals surface area contributed by atoms with Crippen molar-refractivity contribution >= 4 is 44.8 Å². The number of carbonyl (C=O) groups excluding carboxylic acids is 1. The van der Waals surface area contributed by atoms with Gasteiger partial charge in [0, 0.05) is 10.0 Å². The summed E-state index contributed by atoms with van der Waals surface area (Å²) in [5, 5.41) is 15.9. The first-order valence-corrected chi connectivity index (χ1v) is 10.1. The summed E-state index contributed by atoms with van der Waals surface area (Å²) in [6.07, 6.45) is 0. The number of phenols is 1. The van der Waals surface area contributed by atoms with Gasteiger partial charge in [-0.25, -0.2) is 13.2 Å². The summed E-state index contributed by atoms with van der Waals surface area (Å²) < 4.78 is 23.9. The van der Waals surface area contributed by atoms with Gasteiger partial charge in [-0.05, 0) is 42.8 Å². The van der Waals surface area contributed by atoms with E-state index in [0.717, 1.165) is 0 Å². The second-order valence-corrected chi connectivity index (χ2v) is 8.69. The molecule has 0 bridgehead atoms. The SMILES string of the molecule is CCS(=O)(=O)c1ccc(O)c(NC(=O)N[C@H](C)c2ccc(Cl)cc2Cl)c1. The summed E-state index contributed by atoms with van der Waals surface area (Å²) in [6, 6.07) is 7.58. The zero-order valence-electron chi connectivity index (χ0n) is 14.1. The number of halogens is 2. The molecule has 0 aliphatic heterocycles. The first-order chi connectivity index (χ1) is 12.1. The number of aromatic hydroxyl groups is 1. The van der Waals surface area contributed by atoms with E-state index in [2.05, 4.69) is 10.6 Å². The molecule has 0 spiro atoms. The van der Waals surface area contributed by atoms with Crippen LogP contribution in [-0.2, 0) is 9.84 Å². The van der Waals surface area contributed by atoms with Gasteiger partial charge in [0.1, 0.15) is 5.75 Å². The van der Waals surface area contributed by atoms with Crippen molar-refractivity contribution in [3.63, 3.8) is 0 Å². The Labute approximate surface area is 162 Å². The highest BCUT2D eigenvalue weighted by molar-refractivity contribution is 7.91. The van der Waals surface area contributed by atoms with Crippen molar-refractivity contribution in [1.82, 2.24) is 5.32 Å². The predicted molar refractivity (Wildman–Crippen MR) is 103 cm³/mol. The van der Waals surface area contributed by atoms with E-state index < -0.39 is 21.9 Å². The number of rotatable bonds is 5. The van der Waals surface area contributed by atoms with E-state index in [1.165, 1.54) is 25.1 Å². The quantitative estimate of drug-likeness (QED) is 0.630. The number of nitrogens with one attached hydrogen (secondary N) is 2. The van der Waals surface area contributed by atoms with E-state index in [4.69, 9.17) is 23.2 Å². The highest BCUT2D eigenvalue weighted by Crippen LogP contribution is 2.28. The second kappa shape index (κ2) is 8.16. The first kappa shape index (κ1) is 20.4. The maximum absolute atomic E-state index is 12.2. The number of urea groups is 1. The monoisotopic (exact) mass is 416 g/mol. The van der Waals surface area contributed by atoms with Gasteiger partial charge in [-0.1, -0.05) is 36.2 Å². The Morgan fingerprint density at radius 3 is 2.50 bits per heavy atom. The van der Waals surface area contributed by atoms with Gasteiger partial charge in [-0.2, -0.15) is 0 Å². The van der Waals surface area contributed by atoms with E-state index >= 15 is 0 Å². The Balaban J connectivity index is 2.16. The van der Waals surface area contributed by atoms with Crippen LogP contribution in [0, 0.1) is 0 Å². The molecule has 0 saturated carbocycles. The van der Waals surface area contributed by atoms with E-state index in [1.807, 2.05) is 0 Å². The van der Waals surface area contributed by atoms with Crippen LogP contribution in [0.15, 0.2) is 41.3 Å². The molecule has 9 heteroatoms. The topological polar surface area (TPSA) is 95.5 Å². The van der Waals surface area contributed by atoms with Crippen molar-refractivity contribution < 1.29 is 18.3 Å². The Kier molecular flexibility index (Phi) is 6.39. The molecule has 0 aromatic heterocycles. The van der Waals surface area contributed by atoms with Crippen LogP contribution in [0.4, 0.5) is 10.5 Å². The fraction of sp³-hybridized carbons (Fsp3) is 0.235. The van der Waals surface area contributed by atoms with Crippen molar-refractivity contribution in [2.45, 2.75) is 24.8 Å². The summed E-state index contributed by atoms with van der Waals surface area (Å²) >= 11 is 12.0. The van der Waals surface area contributed by atoms with E-state index in [-0.39, 0.29) is 22.1 Å². The molecule has 26 heavy (non-hydrogen) atoms. The number of hydrogen-bond donors (Lipinski definition) is 3. The summed E-state index contributed by atoms with van der Waals surface area (Å²) in [6.45, 7) is 3.24. The zero-order chi connectivity index (χ0) is 19.5. The third kappa shape index (κ3) is 4.81. The lowest BCUT2D eigenvalue weighted by Gasteiger charge is -2.17. The van der Waals surface area contributed by atoms with Crippen LogP contribution < -0.4 is 10.6 Å². The van der Waals surface area contributed by atoms with Gasteiger partial charge in [0.25, 0.3) is 0 Å². The van der Waals surface area contributed by atoms with E-state index in [9.17, 15) is 18.3 Å². The van der Waals surface area contributed by atoms with Gasteiger partial charge in [0.15, 0.2) is 9.84 Å². The normalized spacial score (nSPS) is 12.5. The molecule has 2 amide bonds. The molecule has 0 saturated heterocycles. The Bertz CT molecular complexity index is 932. The van der Waals surface area contributed by atoms with Crippen LogP contribution in [0.25, 0.3) is 0 Å². The minimum absolute atomic E-state index is 0.00794. The average molecular weight is 417 g/mol. The zero-order valence-corrected chi connectivity index (χ0v) is 16.4. The molecule has 2 aromatic carbocycles. The molecule has 0 heterocycles. The molecule has 2 rings (SSSR count). The molecule has 0 fully saturated rings. The summed E-state index contributed by atoms with van der Waals surface area (Å²) in [4.78, 5) is 12.2. The minimum atomic E-state index is -3.46. The number of benzene rings is 2. The standard InChI is InChI=1S/C17H18Cl2N2O4S/c1-3-26(24,25)12-5-7-16(22)15(9-12)21-17(23)20-10(2)13-6-4-11(18)8-14(13)19/h4-10,22H,3H2,1-2H3,(H2,20,21,23)/t10-/m1/s1. The molecule has 3 N–H and O–H groups in total. The van der Waals surface area contributed by atoms with Crippen molar-refractivity contribution in [3.8, 4) is 5.75 Å². The third-order valence-corrected chi connectivity index (χ3v) is 6.03. The maximum Gasteiger partial charge on any atom is 0.319 e. The van der Waals surface area contributed by atoms with Gasteiger partial charge >= 0.3 is 6.03 Å². The number of sulfone groups is 1. The molecule has 0 aliphatic carbocycles. The summed E-state index contributed by atoms with van der Waals surface area (Å²) in [7, 11) is -3.46. The van der Waals surface area contributed by atoms with Gasteiger partial charge in [0.05, 0.1) is 22.4 Å². The van der Waals surface area contributed by atoms with Crippen LogP contribution in [0.5, 0.6) is 5.75 Å². The highest BCUT2D eigenvalue weighted by atomic mass is 35.5. The van der Waals surface area contributed by atoms with Crippen LogP contribution in [0.1, 0.15) is 25.5 Å². The fourth-order valence-electron chi connectivity index (χ4n) is 2.26. The number of anilines is 1. The number of hydrogen-bond acceptors (Lipinski definition) is 4. The smallest absolute Gasteiger partial charge is 0.319 e. The van der Waals surface area contributed by atoms with E-state index in [1.54, 1.807) is 25.1 Å². The van der Waals surface area contributed by atoms with Crippen molar-refractivity contribution in [2.24, 2.45) is 0 Å². The predicted octanol–water partition coefficient (Wildman–Crippen LogP) is 4.38. The van der Waals surface area contributed by atoms with Crippen molar-refractivity contribution in [2.75, 3.05) is 11.1 Å². The lowest BCUT2D eigenvalue weighted by molar-refractivity contribution is 0.249. The largest absolute Gasteiger partial charge is 0.506 e. The molecule has 1 atom stereocenters.